The van der Waals surface area contributed by atoms with Gasteiger partial charge in [-0.25, -0.2) is 0 Å². The third-order valence-corrected chi connectivity index (χ3v) is 4.19. The topological polar surface area (TPSA) is 29.5 Å². The Balaban J connectivity index is 0.000000147. The first kappa shape index (κ1) is 13.0. The molecule has 0 amide bonds. The number of ether oxygens (including phenoxy) is 1. The summed E-state index contributed by atoms with van der Waals surface area (Å²) in [6.07, 6.45) is 4.11. The van der Waals surface area contributed by atoms with E-state index >= 15 is 0 Å². The number of phenols is 1. The average Bonchev–Trinajstić information content (AvgIpc) is 2.98. The number of rotatable bonds is 0. The molecule has 104 valence electrons. The van der Waals surface area contributed by atoms with Gasteiger partial charge in [0.1, 0.15) is 11.5 Å². The molecule has 2 atom stereocenters. The Labute approximate surface area is 120 Å². The fraction of sp³-hybridized carbons (Fsp3) is 0.333. The minimum Gasteiger partial charge on any atom is -0.508 e. The fourth-order valence-electron chi connectivity index (χ4n) is 3.19. The summed E-state index contributed by atoms with van der Waals surface area (Å²) in [5.41, 5.74) is 1.45. The average molecular weight is 268 g/mol. The van der Waals surface area contributed by atoms with E-state index < -0.39 is 0 Å². The van der Waals surface area contributed by atoms with Crippen LogP contribution in [-0.2, 0) is 0 Å². The molecule has 2 aliphatic rings. The Hall–Kier alpha value is -1.96. The molecule has 1 heterocycles. The summed E-state index contributed by atoms with van der Waals surface area (Å²) in [4.78, 5) is 0. The summed E-state index contributed by atoms with van der Waals surface area (Å²) >= 11 is 0. The Kier molecular flexibility index (Phi) is 3.91. The van der Waals surface area contributed by atoms with Crippen LogP contribution in [0.2, 0.25) is 0 Å². The van der Waals surface area contributed by atoms with Gasteiger partial charge in [0.25, 0.3) is 0 Å². The van der Waals surface area contributed by atoms with E-state index in [1.165, 1.54) is 24.8 Å². The number of para-hydroxylation sites is 2. The lowest BCUT2D eigenvalue weighted by atomic mass is 9.87. The molecule has 1 aliphatic carbocycles. The van der Waals surface area contributed by atoms with E-state index in [0.29, 0.717) is 5.75 Å². The van der Waals surface area contributed by atoms with E-state index in [2.05, 4.69) is 24.3 Å². The van der Waals surface area contributed by atoms with Crippen LogP contribution in [0, 0.1) is 5.92 Å². The van der Waals surface area contributed by atoms with Gasteiger partial charge in [-0.2, -0.15) is 0 Å². The van der Waals surface area contributed by atoms with Crippen molar-refractivity contribution in [1.29, 1.82) is 0 Å². The number of aromatic hydroxyl groups is 1. The lowest BCUT2D eigenvalue weighted by Crippen LogP contribution is -2.21. The monoisotopic (exact) mass is 268 g/mol. The van der Waals surface area contributed by atoms with E-state index in [1.807, 2.05) is 6.07 Å². The molecular formula is C18H20O2. The van der Waals surface area contributed by atoms with Crippen LogP contribution in [0.5, 0.6) is 11.5 Å². The quantitative estimate of drug-likeness (QED) is 0.769. The van der Waals surface area contributed by atoms with Crippen molar-refractivity contribution in [3.8, 4) is 11.5 Å². The number of hydrogen-bond acceptors (Lipinski definition) is 2. The summed E-state index contributed by atoms with van der Waals surface area (Å²) in [7, 11) is 0. The van der Waals surface area contributed by atoms with E-state index in [4.69, 9.17) is 9.84 Å². The van der Waals surface area contributed by atoms with Gasteiger partial charge in [0.15, 0.2) is 0 Å². The fourth-order valence-corrected chi connectivity index (χ4v) is 3.19. The molecular weight excluding hydrogens is 248 g/mol. The number of phenolic OH excluding ortho intramolecular Hbond substituents is 1. The molecule has 2 aromatic rings. The van der Waals surface area contributed by atoms with Crippen molar-refractivity contribution in [3.63, 3.8) is 0 Å². The predicted octanol–water partition coefficient (Wildman–Crippen LogP) is 4.35. The van der Waals surface area contributed by atoms with Crippen LogP contribution >= 0.6 is 0 Å². The molecule has 0 radical (unpaired) electrons. The Morgan fingerprint density at radius 2 is 1.65 bits per heavy atom. The van der Waals surface area contributed by atoms with Crippen molar-refractivity contribution in [3.05, 3.63) is 60.2 Å². The summed E-state index contributed by atoms with van der Waals surface area (Å²) in [5, 5.41) is 8.63. The maximum atomic E-state index is 8.63. The molecule has 0 bridgehead atoms. The second-order valence-corrected chi connectivity index (χ2v) is 5.48. The second kappa shape index (κ2) is 6.00. The first-order valence-electron chi connectivity index (χ1n) is 7.30. The standard InChI is InChI=1S/C12H14O.C6H6O/c1-2-7-12-11(5-1)10-6-3-4-9(10)8-13-12;7-6-4-2-1-3-5-6/h1-2,5,7,9-10H,3-4,6,8H2;1-5,7H. The van der Waals surface area contributed by atoms with Gasteiger partial charge in [0.2, 0.25) is 0 Å². The van der Waals surface area contributed by atoms with Crippen molar-refractivity contribution < 1.29 is 9.84 Å². The van der Waals surface area contributed by atoms with Gasteiger partial charge in [-0.3, -0.25) is 0 Å². The molecule has 1 aliphatic heterocycles. The third kappa shape index (κ3) is 2.79. The van der Waals surface area contributed by atoms with E-state index in [-0.39, 0.29) is 0 Å². The second-order valence-electron chi connectivity index (χ2n) is 5.48. The molecule has 2 heteroatoms. The third-order valence-electron chi connectivity index (χ3n) is 4.19. The number of fused-ring (bicyclic) bond motifs is 3. The zero-order valence-electron chi connectivity index (χ0n) is 11.5. The van der Waals surface area contributed by atoms with Gasteiger partial charge in [-0.1, -0.05) is 42.8 Å². The summed E-state index contributed by atoms with van der Waals surface area (Å²) in [5.74, 6) is 3.05. The van der Waals surface area contributed by atoms with Crippen LogP contribution in [0.15, 0.2) is 54.6 Å². The largest absolute Gasteiger partial charge is 0.508 e. The van der Waals surface area contributed by atoms with Gasteiger partial charge in [0, 0.05) is 0 Å². The van der Waals surface area contributed by atoms with Gasteiger partial charge in [-0.15, -0.1) is 0 Å². The smallest absolute Gasteiger partial charge is 0.122 e. The lowest BCUT2D eigenvalue weighted by molar-refractivity contribution is 0.210. The number of hydrogen-bond donors (Lipinski definition) is 1. The summed E-state index contributed by atoms with van der Waals surface area (Å²) in [6, 6.07) is 17.2. The van der Waals surface area contributed by atoms with Crippen LogP contribution in [0.3, 0.4) is 0 Å². The van der Waals surface area contributed by atoms with Crippen LogP contribution in [0.1, 0.15) is 30.7 Å². The molecule has 1 fully saturated rings. The van der Waals surface area contributed by atoms with Gasteiger partial charge < -0.3 is 9.84 Å². The lowest BCUT2D eigenvalue weighted by Gasteiger charge is -2.28. The Morgan fingerprint density at radius 3 is 2.40 bits per heavy atom. The summed E-state index contributed by atoms with van der Waals surface area (Å²) < 4.78 is 5.74. The molecule has 2 aromatic carbocycles. The van der Waals surface area contributed by atoms with Gasteiger partial charge in [0.05, 0.1) is 6.61 Å². The van der Waals surface area contributed by atoms with Gasteiger partial charge >= 0.3 is 0 Å². The highest BCUT2D eigenvalue weighted by molar-refractivity contribution is 5.38. The van der Waals surface area contributed by atoms with Crippen molar-refractivity contribution >= 4 is 0 Å². The van der Waals surface area contributed by atoms with Crippen LogP contribution in [0.4, 0.5) is 0 Å². The van der Waals surface area contributed by atoms with Crippen LogP contribution in [-0.4, -0.2) is 11.7 Å². The minimum absolute atomic E-state index is 0.322. The van der Waals surface area contributed by atoms with Crippen LogP contribution < -0.4 is 4.74 Å². The number of benzene rings is 2. The minimum atomic E-state index is 0.322. The Bertz CT molecular complexity index is 550. The maximum Gasteiger partial charge on any atom is 0.122 e. The summed E-state index contributed by atoms with van der Waals surface area (Å²) in [6.45, 7) is 0.946. The van der Waals surface area contributed by atoms with Crippen molar-refractivity contribution in [1.82, 2.24) is 0 Å². The molecule has 2 nitrogen and oxygen atoms in total. The van der Waals surface area contributed by atoms with E-state index in [9.17, 15) is 0 Å². The molecule has 0 aromatic heterocycles. The normalized spacial score (nSPS) is 22.8. The molecule has 1 N–H and O–H groups in total. The molecule has 2 unspecified atom stereocenters. The van der Waals surface area contributed by atoms with Gasteiger partial charge in [-0.05, 0) is 48.4 Å². The van der Waals surface area contributed by atoms with Crippen molar-refractivity contribution in [2.24, 2.45) is 5.92 Å². The molecule has 0 spiro atoms. The van der Waals surface area contributed by atoms with Crippen LogP contribution in [0.25, 0.3) is 0 Å². The Morgan fingerprint density at radius 1 is 0.900 bits per heavy atom. The first-order chi connectivity index (χ1) is 9.84. The first-order valence-corrected chi connectivity index (χ1v) is 7.30. The zero-order chi connectivity index (χ0) is 13.8. The van der Waals surface area contributed by atoms with Crippen molar-refractivity contribution in [2.75, 3.05) is 6.61 Å². The highest BCUT2D eigenvalue weighted by atomic mass is 16.5. The molecule has 0 saturated heterocycles. The SMILES string of the molecule is Oc1ccccc1.c1ccc2c(c1)OCC1CCCC21. The van der Waals surface area contributed by atoms with Crippen molar-refractivity contribution in [2.45, 2.75) is 25.2 Å². The van der Waals surface area contributed by atoms with E-state index in [0.717, 1.165) is 24.2 Å². The molecule has 1 saturated carbocycles. The molecule has 4 rings (SSSR count). The highest BCUT2D eigenvalue weighted by Gasteiger charge is 2.34. The predicted molar refractivity (Wildman–Crippen MR) is 80.1 cm³/mol. The molecule has 20 heavy (non-hydrogen) atoms. The highest BCUT2D eigenvalue weighted by Crippen LogP contribution is 2.46. The van der Waals surface area contributed by atoms with E-state index in [1.54, 1.807) is 24.3 Å². The maximum absolute atomic E-state index is 8.63. The zero-order valence-corrected chi connectivity index (χ0v) is 11.5.